The number of rotatable bonds is 20. The van der Waals surface area contributed by atoms with Gasteiger partial charge in [-0.05, 0) is 99.7 Å². The number of fused-ring (bicyclic) bond motifs is 5. The average Bonchev–Trinajstić information content (AvgIpc) is 1.29. The molecule has 0 bridgehead atoms. The Kier molecular flexibility index (Phi) is 22.1. The van der Waals surface area contributed by atoms with E-state index >= 15 is 0 Å². The summed E-state index contributed by atoms with van der Waals surface area (Å²) in [5.41, 5.74) is -2.27. The normalized spacial score (nSPS) is 51.4. The molecule has 18 N–H and O–H groups in total. The lowest BCUT2D eigenvalue weighted by molar-refractivity contribution is -0.380. The Balaban J connectivity index is 0.879. The molecule has 88 heavy (non-hydrogen) atoms. The van der Waals surface area contributed by atoms with E-state index in [0.29, 0.717) is 32.1 Å². The lowest BCUT2D eigenvalue weighted by atomic mass is 9.38. The molecule has 4 aliphatic carbocycles. The standard InChI is InChI=1S/C60H102O28/c1-24(9-13-37(57(4,5)78)87-55-50(88-54-49(77)45(73)41(69)32(21-63)84-54)46(74)42(70)33(85-55)23-80-52-48(76)44(72)40(68)31(20-62)83-52)26-15-16-58(6)34-12-10-27-28(60(34,8)35(65)18-59(26,58)7)11-14-36(56(27,2)3)86-53-38(66)29(64)17-25(81-53)22-79-51-47(75)43(71)39(67)30(19-61)82-51/h10,24-26,28-55,61-78H,9,11-23H2,1-8H3/t24-,25+,26?,28?,29+,30-,31-,32-,33-,34?,35-,36+,37-,38-,39-,40-,41-,42-,43+,44+,45+,46+,47-,48-,49-,50-,51+,52+,53+,54+,55+,58+,59-,60+/m1/s1. The van der Waals surface area contributed by atoms with E-state index < -0.39 is 209 Å². The average molecular weight is 1270 g/mol. The number of aliphatic hydroxyl groups excluding tert-OH is 17. The number of aliphatic hydroxyl groups is 18. The third-order valence-corrected chi connectivity index (χ3v) is 22.7. The summed E-state index contributed by atoms with van der Waals surface area (Å²) in [6, 6.07) is 0. The van der Waals surface area contributed by atoms with Gasteiger partial charge in [0.05, 0.1) is 69.2 Å². The van der Waals surface area contributed by atoms with Crippen LogP contribution in [0, 0.1) is 45.3 Å². The van der Waals surface area contributed by atoms with Crippen molar-refractivity contribution in [1.82, 2.24) is 0 Å². The van der Waals surface area contributed by atoms with Crippen molar-refractivity contribution in [3.63, 3.8) is 0 Å². The smallest absolute Gasteiger partial charge is 0.187 e. The maximum atomic E-state index is 12.8. The molecule has 0 spiro atoms. The van der Waals surface area contributed by atoms with Crippen molar-refractivity contribution in [1.29, 1.82) is 0 Å². The van der Waals surface area contributed by atoms with E-state index in [2.05, 4.69) is 47.6 Å². The molecule has 510 valence electrons. The third-order valence-electron chi connectivity index (χ3n) is 22.7. The van der Waals surface area contributed by atoms with Gasteiger partial charge in [0.1, 0.15) is 104 Å². The Morgan fingerprint density at radius 3 is 1.62 bits per heavy atom. The van der Waals surface area contributed by atoms with Crippen LogP contribution < -0.4 is 0 Å². The Morgan fingerprint density at radius 2 is 1.07 bits per heavy atom. The topological polar surface area (TPSA) is 456 Å². The molecule has 9 rings (SSSR count). The first kappa shape index (κ1) is 70.9. The molecule has 3 unspecified atom stereocenters. The van der Waals surface area contributed by atoms with Crippen LogP contribution in [-0.2, 0) is 47.4 Å². The van der Waals surface area contributed by atoms with Gasteiger partial charge in [0, 0.05) is 17.3 Å². The van der Waals surface area contributed by atoms with E-state index in [1.807, 2.05) is 0 Å². The SMILES string of the molecule is C[C@H](CC[C@@H](O[C@@H]1O[C@H](CO[C@H]2O[C@H](CO)[C@@H](O)[C@H](O)[C@H]2O)[C@@H](O)[C@H](O)[C@H]1O[C@@H]1O[C@H](CO)[C@@H](O)[C@H](O)[C@H]1O)C(C)(C)O)C1CC[C@@]2(C)C3CC=C4C(CC[C@H](O[C@@H]5O[C@H](CO[C@H]6O[C@H](CO)[C@@H](O)[C@H](O)[C@H]6O)C[C@H](O)[C@H]5O)C4(C)C)[C@]3(C)[C@H](O)C[C@]12C. The molecule has 5 heterocycles. The number of allylic oxidation sites excluding steroid dienone is 1. The number of ether oxygens (including phenoxy) is 10. The summed E-state index contributed by atoms with van der Waals surface area (Å²) in [6.07, 6.45) is -33.4. The molecule has 9 aliphatic rings. The van der Waals surface area contributed by atoms with Gasteiger partial charge in [0.15, 0.2) is 31.5 Å². The second kappa shape index (κ2) is 27.4. The molecule has 0 aromatic heterocycles. The molecular weight excluding hydrogens is 1170 g/mol. The fourth-order valence-electron chi connectivity index (χ4n) is 17.0. The minimum Gasteiger partial charge on any atom is -0.394 e. The maximum Gasteiger partial charge on any atom is 0.187 e. The summed E-state index contributed by atoms with van der Waals surface area (Å²) in [6.45, 7) is 13.1. The predicted octanol–water partition coefficient (Wildman–Crippen LogP) is -4.38. The molecule has 3 saturated carbocycles. The van der Waals surface area contributed by atoms with Crippen molar-refractivity contribution < 1.29 is 139 Å². The van der Waals surface area contributed by atoms with Crippen molar-refractivity contribution >= 4 is 0 Å². The summed E-state index contributed by atoms with van der Waals surface area (Å²) >= 11 is 0. The van der Waals surface area contributed by atoms with Gasteiger partial charge in [-0.15, -0.1) is 0 Å². The minimum absolute atomic E-state index is 0.0201. The van der Waals surface area contributed by atoms with Crippen LogP contribution in [0.5, 0.6) is 0 Å². The fourth-order valence-corrected chi connectivity index (χ4v) is 17.0. The lowest BCUT2D eigenvalue weighted by Gasteiger charge is -2.67. The Labute approximate surface area is 512 Å². The highest BCUT2D eigenvalue weighted by molar-refractivity contribution is 5.32. The lowest BCUT2D eigenvalue weighted by Crippen LogP contribution is -2.65. The molecule has 5 saturated heterocycles. The largest absolute Gasteiger partial charge is 0.394 e. The second-order valence-corrected chi connectivity index (χ2v) is 28.6. The highest BCUT2D eigenvalue weighted by Crippen LogP contribution is 2.75. The number of hydrogen-bond donors (Lipinski definition) is 18. The zero-order valence-corrected chi connectivity index (χ0v) is 51.5. The van der Waals surface area contributed by atoms with Crippen molar-refractivity contribution in [2.24, 2.45) is 45.3 Å². The molecule has 0 radical (unpaired) electrons. The predicted molar refractivity (Wildman–Crippen MR) is 299 cm³/mol. The third kappa shape index (κ3) is 13.0. The molecule has 0 aromatic rings. The van der Waals surface area contributed by atoms with E-state index in [1.54, 1.807) is 0 Å². The zero-order valence-electron chi connectivity index (χ0n) is 51.5. The summed E-state index contributed by atoms with van der Waals surface area (Å²) in [5, 5.41) is 194. The molecular formula is C60H102O28. The molecule has 0 amide bonds. The van der Waals surface area contributed by atoms with Gasteiger partial charge >= 0.3 is 0 Å². The molecule has 34 atom stereocenters. The van der Waals surface area contributed by atoms with E-state index in [0.717, 1.165) is 18.4 Å². The van der Waals surface area contributed by atoms with E-state index in [9.17, 15) is 91.9 Å². The van der Waals surface area contributed by atoms with E-state index in [1.165, 1.54) is 13.8 Å². The Morgan fingerprint density at radius 1 is 0.557 bits per heavy atom. The first-order valence-electron chi connectivity index (χ1n) is 31.4. The van der Waals surface area contributed by atoms with Crippen LogP contribution in [0.25, 0.3) is 0 Å². The second-order valence-electron chi connectivity index (χ2n) is 28.6. The van der Waals surface area contributed by atoms with Crippen molar-refractivity contribution in [3.05, 3.63) is 11.6 Å². The summed E-state index contributed by atoms with van der Waals surface area (Å²) in [7, 11) is 0. The van der Waals surface area contributed by atoms with Gasteiger partial charge < -0.3 is 139 Å². The summed E-state index contributed by atoms with van der Waals surface area (Å²) < 4.78 is 59.7. The van der Waals surface area contributed by atoms with Crippen LogP contribution in [0.2, 0.25) is 0 Å². The highest BCUT2D eigenvalue weighted by Gasteiger charge is 2.70. The highest BCUT2D eigenvalue weighted by atomic mass is 16.8. The first-order valence-corrected chi connectivity index (χ1v) is 31.4. The van der Waals surface area contributed by atoms with Gasteiger partial charge in [-0.1, -0.05) is 53.2 Å². The van der Waals surface area contributed by atoms with Gasteiger partial charge in [0.25, 0.3) is 0 Å². The molecule has 0 aromatic carbocycles. The van der Waals surface area contributed by atoms with Crippen molar-refractivity contribution in [2.45, 2.75) is 285 Å². The quantitative estimate of drug-likeness (QED) is 0.0512. The molecule has 28 heteroatoms. The van der Waals surface area contributed by atoms with Crippen LogP contribution in [0.3, 0.4) is 0 Å². The minimum atomic E-state index is -1.95. The number of hydrogen-bond acceptors (Lipinski definition) is 28. The van der Waals surface area contributed by atoms with Crippen molar-refractivity contribution in [3.8, 4) is 0 Å². The van der Waals surface area contributed by atoms with Crippen LogP contribution in [0.1, 0.15) is 113 Å². The Hall–Kier alpha value is -1.38. The van der Waals surface area contributed by atoms with Gasteiger partial charge in [-0.3, -0.25) is 0 Å². The van der Waals surface area contributed by atoms with E-state index in [-0.39, 0.29) is 54.0 Å². The maximum absolute atomic E-state index is 12.8. The van der Waals surface area contributed by atoms with Gasteiger partial charge in [-0.2, -0.15) is 0 Å². The van der Waals surface area contributed by atoms with Crippen LogP contribution in [-0.4, -0.2) is 296 Å². The zero-order chi connectivity index (χ0) is 64.7. The summed E-state index contributed by atoms with van der Waals surface area (Å²) in [4.78, 5) is 0. The van der Waals surface area contributed by atoms with Gasteiger partial charge in [-0.25, -0.2) is 0 Å². The van der Waals surface area contributed by atoms with E-state index in [4.69, 9.17) is 47.4 Å². The van der Waals surface area contributed by atoms with Crippen LogP contribution in [0.4, 0.5) is 0 Å². The van der Waals surface area contributed by atoms with Crippen molar-refractivity contribution in [2.75, 3.05) is 33.0 Å². The first-order chi connectivity index (χ1) is 41.2. The Bertz CT molecular complexity index is 2310. The molecule has 8 fully saturated rings. The van der Waals surface area contributed by atoms with Gasteiger partial charge in [0.2, 0.25) is 0 Å². The molecule has 28 nitrogen and oxygen atoms in total. The monoisotopic (exact) mass is 1270 g/mol. The fraction of sp³-hybridized carbons (Fsp3) is 0.967. The van der Waals surface area contributed by atoms with Crippen LogP contribution >= 0.6 is 0 Å². The molecule has 5 aliphatic heterocycles. The summed E-state index contributed by atoms with van der Waals surface area (Å²) in [5.74, 6) is 0.0958. The van der Waals surface area contributed by atoms with Crippen LogP contribution in [0.15, 0.2) is 11.6 Å².